The van der Waals surface area contributed by atoms with E-state index in [0.29, 0.717) is 11.6 Å². The second-order valence-corrected chi connectivity index (χ2v) is 6.72. The van der Waals surface area contributed by atoms with Crippen LogP contribution in [0.15, 0.2) is 22.7 Å². The smallest absolute Gasteiger partial charge is 0.337 e. The number of carbonyl (C=O) groups is 1. The van der Waals surface area contributed by atoms with Crippen LogP contribution in [0.5, 0.6) is 0 Å². The molecule has 0 heterocycles. The maximum atomic E-state index is 11.5. The summed E-state index contributed by atoms with van der Waals surface area (Å²) in [5.41, 5.74) is 1.75. The standard InChI is InChI=1S/C17H24BrNO2/c1-12(13-6-4-3-5-7-13)19-11-15-9-8-14(10-16(15)18)17(20)21-2/h8-10,12-13,19H,3-7,11H2,1-2H3/t12-/m1/s1. The van der Waals surface area contributed by atoms with Crippen molar-refractivity contribution in [3.63, 3.8) is 0 Å². The third-order valence-corrected chi connectivity index (χ3v) is 5.18. The molecule has 0 saturated heterocycles. The molecule has 0 amide bonds. The maximum absolute atomic E-state index is 11.5. The first kappa shape index (κ1) is 16.5. The summed E-state index contributed by atoms with van der Waals surface area (Å²) in [6.07, 6.45) is 6.82. The van der Waals surface area contributed by atoms with Gasteiger partial charge in [-0.2, -0.15) is 0 Å². The van der Waals surface area contributed by atoms with Gasteiger partial charge in [0.25, 0.3) is 0 Å². The van der Waals surface area contributed by atoms with Gasteiger partial charge in [-0.3, -0.25) is 0 Å². The highest BCUT2D eigenvalue weighted by atomic mass is 79.9. The summed E-state index contributed by atoms with van der Waals surface area (Å²) in [6, 6.07) is 6.17. The predicted molar refractivity (Wildman–Crippen MR) is 88.4 cm³/mol. The van der Waals surface area contributed by atoms with Crippen LogP contribution in [0.2, 0.25) is 0 Å². The van der Waals surface area contributed by atoms with Gasteiger partial charge in [0, 0.05) is 17.1 Å². The van der Waals surface area contributed by atoms with E-state index in [1.807, 2.05) is 18.2 Å². The fourth-order valence-electron chi connectivity index (χ4n) is 3.01. The Morgan fingerprint density at radius 3 is 2.71 bits per heavy atom. The Kier molecular flexibility index (Phi) is 6.24. The molecule has 21 heavy (non-hydrogen) atoms. The Bertz CT molecular complexity index is 484. The molecule has 4 heteroatoms. The molecule has 0 bridgehead atoms. The SMILES string of the molecule is COC(=O)c1ccc(CN[C@H](C)C2CCCCC2)c(Br)c1. The van der Waals surface area contributed by atoms with E-state index in [1.165, 1.54) is 44.8 Å². The highest BCUT2D eigenvalue weighted by Gasteiger charge is 2.19. The van der Waals surface area contributed by atoms with Crippen LogP contribution >= 0.6 is 15.9 Å². The summed E-state index contributed by atoms with van der Waals surface area (Å²) < 4.78 is 5.69. The molecule has 1 aromatic carbocycles. The Morgan fingerprint density at radius 1 is 1.38 bits per heavy atom. The van der Waals surface area contributed by atoms with Gasteiger partial charge in [-0.15, -0.1) is 0 Å². The molecule has 1 aliphatic carbocycles. The first-order valence-electron chi connectivity index (χ1n) is 7.72. The fourth-order valence-corrected chi connectivity index (χ4v) is 3.53. The van der Waals surface area contributed by atoms with Crippen molar-refractivity contribution >= 4 is 21.9 Å². The zero-order chi connectivity index (χ0) is 15.2. The molecule has 1 fully saturated rings. The quantitative estimate of drug-likeness (QED) is 0.802. The van der Waals surface area contributed by atoms with Gasteiger partial charge in [0.15, 0.2) is 0 Å². The predicted octanol–water partition coefficient (Wildman–Crippen LogP) is 4.29. The number of hydrogen-bond acceptors (Lipinski definition) is 3. The largest absolute Gasteiger partial charge is 0.465 e. The topological polar surface area (TPSA) is 38.3 Å². The first-order chi connectivity index (χ1) is 10.1. The van der Waals surface area contributed by atoms with E-state index in [0.717, 1.165) is 16.9 Å². The van der Waals surface area contributed by atoms with Crippen LogP contribution in [0.25, 0.3) is 0 Å². The highest BCUT2D eigenvalue weighted by Crippen LogP contribution is 2.27. The van der Waals surface area contributed by atoms with E-state index >= 15 is 0 Å². The van der Waals surface area contributed by atoms with Crippen LogP contribution in [0, 0.1) is 5.92 Å². The molecular weight excluding hydrogens is 330 g/mol. The second-order valence-electron chi connectivity index (χ2n) is 5.87. The Labute approximate surface area is 135 Å². The van der Waals surface area contributed by atoms with Crippen molar-refractivity contribution in [1.82, 2.24) is 5.32 Å². The Balaban J connectivity index is 1.92. The van der Waals surface area contributed by atoms with Crippen molar-refractivity contribution in [1.29, 1.82) is 0 Å². The fraction of sp³-hybridized carbons (Fsp3) is 0.588. The van der Waals surface area contributed by atoms with E-state index in [-0.39, 0.29) is 5.97 Å². The van der Waals surface area contributed by atoms with Crippen molar-refractivity contribution in [2.75, 3.05) is 7.11 Å². The molecular formula is C17H24BrNO2. The summed E-state index contributed by atoms with van der Waals surface area (Å²) in [5.74, 6) is 0.498. The van der Waals surface area contributed by atoms with Gasteiger partial charge < -0.3 is 10.1 Å². The molecule has 0 radical (unpaired) electrons. The number of nitrogens with one attached hydrogen (secondary N) is 1. The number of ether oxygens (including phenoxy) is 1. The van der Waals surface area contributed by atoms with E-state index in [9.17, 15) is 4.79 Å². The zero-order valence-electron chi connectivity index (χ0n) is 12.8. The minimum atomic E-state index is -0.300. The van der Waals surface area contributed by atoms with Gasteiger partial charge in [0.05, 0.1) is 12.7 Å². The van der Waals surface area contributed by atoms with Crippen molar-refractivity contribution < 1.29 is 9.53 Å². The summed E-state index contributed by atoms with van der Waals surface area (Å²) in [6.45, 7) is 3.10. The minimum Gasteiger partial charge on any atom is -0.465 e. The van der Waals surface area contributed by atoms with Crippen LogP contribution in [0.4, 0.5) is 0 Å². The lowest BCUT2D eigenvalue weighted by Crippen LogP contribution is -2.34. The Hall–Kier alpha value is -0.870. The molecule has 116 valence electrons. The van der Waals surface area contributed by atoms with E-state index in [1.54, 1.807) is 0 Å². The lowest BCUT2D eigenvalue weighted by atomic mass is 9.84. The Morgan fingerprint density at radius 2 is 2.10 bits per heavy atom. The van der Waals surface area contributed by atoms with Crippen molar-refractivity contribution in [2.45, 2.75) is 51.6 Å². The third kappa shape index (κ3) is 4.55. The molecule has 0 unspecified atom stereocenters. The molecule has 1 saturated carbocycles. The van der Waals surface area contributed by atoms with E-state index in [4.69, 9.17) is 4.74 Å². The number of halogens is 1. The maximum Gasteiger partial charge on any atom is 0.337 e. The molecule has 3 nitrogen and oxygen atoms in total. The van der Waals surface area contributed by atoms with Gasteiger partial charge in [-0.05, 0) is 43.4 Å². The van der Waals surface area contributed by atoms with Crippen molar-refractivity contribution in [2.24, 2.45) is 5.92 Å². The summed E-state index contributed by atoms with van der Waals surface area (Å²) in [4.78, 5) is 11.5. The summed E-state index contributed by atoms with van der Waals surface area (Å²) in [7, 11) is 1.40. The number of esters is 1. The molecule has 1 atom stereocenters. The normalized spacial score (nSPS) is 17.5. The van der Waals surface area contributed by atoms with Gasteiger partial charge in [0.2, 0.25) is 0 Å². The molecule has 2 rings (SSSR count). The van der Waals surface area contributed by atoms with Crippen LogP contribution in [0.1, 0.15) is 54.9 Å². The number of benzene rings is 1. The number of rotatable bonds is 5. The van der Waals surface area contributed by atoms with Gasteiger partial charge in [-0.1, -0.05) is 41.3 Å². The monoisotopic (exact) mass is 353 g/mol. The zero-order valence-corrected chi connectivity index (χ0v) is 14.4. The molecule has 0 spiro atoms. The average molecular weight is 354 g/mol. The average Bonchev–Trinajstić information content (AvgIpc) is 2.53. The van der Waals surface area contributed by atoms with Crippen molar-refractivity contribution in [3.05, 3.63) is 33.8 Å². The third-order valence-electron chi connectivity index (χ3n) is 4.45. The minimum absolute atomic E-state index is 0.300. The van der Waals surface area contributed by atoms with Crippen LogP contribution in [-0.2, 0) is 11.3 Å². The van der Waals surface area contributed by atoms with E-state index < -0.39 is 0 Å². The number of hydrogen-bond donors (Lipinski definition) is 1. The van der Waals surface area contributed by atoms with E-state index in [2.05, 4.69) is 28.2 Å². The van der Waals surface area contributed by atoms with Crippen molar-refractivity contribution in [3.8, 4) is 0 Å². The lowest BCUT2D eigenvalue weighted by Gasteiger charge is -2.28. The molecule has 1 aliphatic rings. The lowest BCUT2D eigenvalue weighted by molar-refractivity contribution is 0.0600. The summed E-state index contributed by atoms with van der Waals surface area (Å²) in [5, 5.41) is 3.63. The molecule has 1 aromatic rings. The number of methoxy groups -OCH3 is 1. The van der Waals surface area contributed by atoms with Crippen LogP contribution in [-0.4, -0.2) is 19.1 Å². The molecule has 1 N–H and O–H groups in total. The van der Waals surface area contributed by atoms with Crippen LogP contribution < -0.4 is 5.32 Å². The van der Waals surface area contributed by atoms with Gasteiger partial charge >= 0.3 is 5.97 Å². The molecule has 0 aromatic heterocycles. The first-order valence-corrected chi connectivity index (χ1v) is 8.51. The number of carbonyl (C=O) groups excluding carboxylic acids is 1. The van der Waals surface area contributed by atoms with Gasteiger partial charge in [0.1, 0.15) is 0 Å². The van der Waals surface area contributed by atoms with Crippen LogP contribution in [0.3, 0.4) is 0 Å². The highest BCUT2D eigenvalue weighted by molar-refractivity contribution is 9.10. The molecule has 0 aliphatic heterocycles. The van der Waals surface area contributed by atoms with Gasteiger partial charge in [-0.25, -0.2) is 4.79 Å². The second kappa shape index (κ2) is 7.95. The summed E-state index contributed by atoms with van der Waals surface area (Å²) >= 11 is 3.54.